The first kappa shape index (κ1) is 18.7. The van der Waals surface area contributed by atoms with E-state index in [1.54, 1.807) is 18.0 Å². The van der Waals surface area contributed by atoms with E-state index in [-0.39, 0.29) is 17.7 Å². The zero-order valence-corrected chi connectivity index (χ0v) is 15.3. The normalized spacial score (nSPS) is 11.9. The van der Waals surface area contributed by atoms with Crippen molar-refractivity contribution in [3.63, 3.8) is 0 Å². The summed E-state index contributed by atoms with van der Waals surface area (Å²) in [5.74, 6) is -0.303. The smallest absolute Gasteiger partial charge is 0.251 e. The van der Waals surface area contributed by atoms with Gasteiger partial charge in [-0.05, 0) is 30.5 Å². The Hall–Kier alpha value is -2.62. The highest BCUT2D eigenvalue weighted by Gasteiger charge is 2.27. The molecule has 25 heavy (non-hydrogen) atoms. The van der Waals surface area contributed by atoms with E-state index in [0.717, 1.165) is 11.1 Å². The molecule has 0 fully saturated rings. The molecule has 0 aliphatic carbocycles. The van der Waals surface area contributed by atoms with Crippen LogP contribution in [0.3, 0.4) is 0 Å². The maximum absolute atomic E-state index is 12.8. The Morgan fingerprint density at radius 3 is 2.32 bits per heavy atom. The van der Waals surface area contributed by atoms with Gasteiger partial charge in [0.25, 0.3) is 5.91 Å². The van der Waals surface area contributed by atoms with Gasteiger partial charge in [0.1, 0.15) is 6.04 Å². The van der Waals surface area contributed by atoms with Crippen LogP contribution in [0.25, 0.3) is 0 Å². The highest BCUT2D eigenvalue weighted by atomic mass is 16.2. The summed E-state index contributed by atoms with van der Waals surface area (Å²) in [5, 5.41) is 2.90. The lowest BCUT2D eigenvalue weighted by atomic mass is 10.0. The minimum atomic E-state index is -0.554. The second-order valence-corrected chi connectivity index (χ2v) is 6.74. The Labute approximate surface area is 149 Å². The molecular weight excluding hydrogens is 312 g/mol. The number of nitrogens with zero attached hydrogens (tertiary/aromatic N) is 1. The lowest BCUT2D eigenvalue weighted by molar-refractivity contribution is -0.133. The summed E-state index contributed by atoms with van der Waals surface area (Å²) >= 11 is 0. The summed E-state index contributed by atoms with van der Waals surface area (Å²) in [6, 6.07) is 16.6. The minimum Gasteiger partial charge on any atom is -0.340 e. The molecule has 0 spiro atoms. The van der Waals surface area contributed by atoms with Gasteiger partial charge in [0, 0.05) is 19.2 Å². The van der Waals surface area contributed by atoms with Gasteiger partial charge in [-0.15, -0.1) is 0 Å². The molecule has 2 aromatic carbocycles. The van der Waals surface area contributed by atoms with Crippen LogP contribution in [0.1, 0.15) is 35.3 Å². The molecule has 0 saturated heterocycles. The zero-order chi connectivity index (χ0) is 18.4. The molecule has 2 aromatic rings. The first-order valence-electron chi connectivity index (χ1n) is 8.55. The highest BCUT2D eigenvalue weighted by Crippen LogP contribution is 2.11. The van der Waals surface area contributed by atoms with E-state index in [1.165, 1.54) is 0 Å². The Morgan fingerprint density at radius 1 is 1.04 bits per heavy atom. The third kappa shape index (κ3) is 5.18. The van der Waals surface area contributed by atoms with Crippen molar-refractivity contribution in [1.82, 2.24) is 10.2 Å². The van der Waals surface area contributed by atoms with Gasteiger partial charge in [0.2, 0.25) is 5.91 Å². The fraction of sp³-hybridized carbons (Fsp3) is 0.333. The van der Waals surface area contributed by atoms with Crippen LogP contribution in [0.2, 0.25) is 0 Å². The monoisotopic (exact) mass is 338 g/mol. The molecule has 0 bridgehead atoms. The summed E-state index contributed by atoms with van der Waals surface area (Å²) in [6.07, 6.45) is 0. The number of carbonyl (C=O) groups is 2. The fourth-order valence-electron chi connectivity index (χ4n) is 2.70. The third-order valence-corrected chi connectivity index (χ3v) is 4.14. The summed E-state index contributed by atoms with van der Waals surface area (Å²) in [5.41, 5.74) is 2.65. The molecule has 0 aromatic heterocycles. The van der Waals surface area contributed by atoms with E-state index in [2.05, 4.69) is 5.32 Å². The van der Waals surface area contributed by atoms with Gasteiger partial charge in [0.05, 0.1) is 0 Å². The van der Waals surface area contributed by atoms with Crippen LogP contribution in [0.5, 0.6) is 0 Å². The number of amides is 2. The van der Waals surface area contributed by atoms with Gasteiger partial charge < -0.3 is 10.2 Å². The molecule has 132 valence electrons. The topological polar surface area (TPSA) is 49.4 Å². The van der Waals surface area contributed by atoms with Gasteiger partial charge in [0.15, 0.2) is 0 Å². The van der Waals surface area contributed by atoms with Crippen molar-refractivity contribution in [2.45, 2.75) is 33.4 Å². The lowest BCUT2D eigenvalue weighted by Crippen LogP contribution is -2.50. The van der Waals surface area contributed by atoms with E-state index in [9.17, 15) is 9.59 Å². The van der Waals surface area contributed by atoms with Gasteiger partial charge >= 0.3 is 0 Å². The largest absolute Gasteiger partial charge is 0.340 e. The standard InChI is InChI=1S/C21H26N2O2/c1-15(2)19(22-20(24)18-12-8-9-16(3)13-18)21(25)23(4)14-17-10-6-5-7-11-17/h5-13,15,19H,14H2,1-4H3,(H,22,24)/t19-/m0/s1. The molecule has 2 rings (SSSR count). The van der Waals surface area contributed by atoms with Gasteiger partial charge in [-0.25, -0.2) is 0 Å². The maximum Gasteiger partial charge on any atom is 0.251 e. The van der Waals surface area contributed by atoms with E-state index < -0.39 is 6.04 Å². The number of rotatable bonds is 6. The summed E-state index contributed by atoms with van der Waals surface area (Å²) in [4.78, 5) is 27.0. The number of likely N-dealkylation sites (N-methyl/N-ethyl adjacent to an activating group) is 1. The molecule has 1 atom stereocenters. The van der Waals surface area contributed by atoms with Crippen LogP contribution < -0.4 is 5.32 Å². The molecule has 1 N–H and O–H groups in total. The van der Waals surface area contributed by atoms with Crippen LogP contribution in [0.4, 0.5) is 0 Å². The molecule has 4 heteroatoms. The van der Waals surface area contributed by atoms with Crippen molar-refractivity contribution in [2.75, 3.05) is 7.05 Å². The lowest BCUT2D eigenvalue weighted by Gasteiger charge is -2.27. The summed E-state index contributed by atoms with van der Waals surface area (Å²) in [6.45, 7) is 6.34. The number of hydrogen-bond acceptors (Lipinski definition) is 2. The fourth-order valence-corrected chi connectivity index (χ4v) is 2.70. The second-order valence-electron chi connectivity index (χ2n) is 6.74. The van der Waals surface area contributed by atoms with Crippen LogP contribution in [-0.4, -0.2) is 29.8 Å². The Morgan fingerprint density at radius 2 is 1.72 bits per heavy atom. The number of nitrogens with one attached hydrogen (secondary N) is 1. The molecule has 4 nitrogen and oxygen atoms in total. The molecule has 0 aliphatic heterocycles. The third-order valence-electron chi connectivity index (χ3n) is 4.14. The van der Waals surface area contributed by atoms with Crippen LogP contribution >= 0.6 is 0 Å². The Balaban J connectivity index is 2.08. The Bertz CT molecular complexity index is 726. The quantitative estimate of drug-likeness (QED) is 0.877. The van der Waals surface area contributed by atoms with E-state index in [0.29, 0.717) is 12.1 Å². The molecule has 0 unspecified atom stereocenters. The van der Waals surface area contributed by atoms with Crippen LogP contribution in [0.15, 0.2) is 54.6 Å². The Kier molecular flexibility index (Phi) is 6.34. The molecule has 0 aliphatic rings. The SMILES string of the molecule is Cc1cccc(C(=O)N[C@H](C(=O)N(C)Cc2ccccc2)C(C)C)c1. The second kappa shape index (κ2) is 8.47. The van der Waals surface area contributed by atoms with Crippen molar-refractivity contribution < 1.29 is 9.59 Å². The van der Waals surface area contributed by atoms with E-state index in [4.69, 9.17) is 0 Å². The van der Waals surface area contributed by atoms with Gasteiger partial charge in [-0.1, -0.05) is 61.9 Å². The van der Waals surface area contributed by atoms with Gasteiger partial charge in [-0.3, -0.25) is 9.59 Å². The first-order chi connectivity index (χ1) is 11.9. The van der Waals surface area contributed by atoms with Crippen LogP contribution in [0, 0.1) is 12.8 Å². The van der Waals surface area contributed by atoms with Crippen molar-refractivity contribution in [2.24, 2.45) is 5.92 Å². The maximum atomic E-state index is 12.8. The molecule has 0 saturated carbocycles. The van der Waals surface area contributed by atoms with Crippen molar-refractivity contribution >= 4 is 11.8 Å². The summed E-state index contributed by atoms with van der Waals surface area (Å²) in [7, 11) is 1.77. The van der Waals surface area contributed by atoms with Crippen molar-refractivity contribution in [3.05, 3.63) is 71.3 Å². The number of hydrogen-bond donors (Lipinski definition) is 1. The predicted octanol–water partition coefficient (Wildman–Crippen LogP) is 3.41. The van der Waals surface area contributed by atoms with Crippen molar-refractivity contribution in [1.29, 1.82) is 0 Å². The number of aryl methyl sites for hydroxylation is 1. The van der Waals surface area contributed by atoms with Crippen LogP contribution in [-0.2, 0) is 11.3 Å². The van der Waals surface area contributed by atoms with E-state index in [1.807, 2.05) is 69.3 Å². The average molecular weight is 338 g/mol. The molecule has 0 radical (unpaired) electrons. The zero-order valence-electron chi connectivity index (χ0n) is 15.3. The highest BCUT2D eigenvalue weighted by molar-refractivity contribution is 5.97. The number of carbonyl (C=O) groups excluding carboxylic acids is 2. The summed E-state index contributed by atoms with van der Waals surface area (Å²) < 4.78 is 0. The average Bonchev–Trinajstić information content (AvgIpc) is 2.59. The van der Waals surface area contributed by atoms with E-state index >= 15 is 0 Å². The minimum absolute atomic E-state index is 0.000479. The van der Waals surface area contributed by atoms with Crippen molar-refractivity contribution in [3.8, 4) is 0 Å². The molecule has 0 heterocycles. The first-order valence-corrected chi connectivity index (χ1v) is 8.55. The molecule has 2 amide bonds. The predicted molar refractivity (Wildman–Crippen MR) is 100 cm³/mol. The number of benzene rings is 2. The molecular formula is C21H26N2O2. The van der Waals surface area contributed by atoms with Gasteiger partial charge in [-0.2, -0.15) is 0 Å².